The number of rotatable bonds is 4. The molecule has 2 nitrogen and oxygen atoms in total. The van der Waals surface area contributed by atoms with Gasteiger partial charge in [-0.3, -0.25) is 4.79 Å². The van der Waals surface area contributed by atoms with Gasteiger partial charge < -0.3 is 5.32 Å². The number of hydrogen-bond donors (Lipinski definition) is 1. The second-order valence-corrected chi connectivity index (χ2v) is 6.28. The number of carbonyl (C=O) groups is 1. The molecule has 0 aromatic heterocycles. The topological polar surface area (TPSA) is 29.1 Å². The molecule has 0 saturated heterocycles. The second-order valence-electron chi connectivity index (χ2n) is 6.28. The summed E-state index contributed by atoms with van der Waals surface area (Å²) in [6.45, 7) is 11.3. The number of hydrogen-bond acceptors (Lipinski definition) is 1. The number of nitrogens with one attached hydrogen (secondary N) is 1. The van der Waals surface area contributed by atoms with E-state index >= 15 is 0 Å². The fraction of sp³-hybridized carbons (Fsp3) is 0.800. The van der Waals surface area contributed by atoms with Crippen molar-refractivity contribution >= 4 is 5.91 Å². The van der Waals surface area contributed by atoms with Crippen molar-refractivity contribution in [2.24, 2.45) is 17.3 Å². The summed E-state index contributed by atoms with van der Waals surface area (Å²) in [5.41, 5.74) is 0.393. The van der Waals surface area contributed by atoms with Gasteiger partial charge in [0.25, 0.3) is 0 Å². The van der Waals surface area contributed by atoms with E-state index in [-0.39, 0.29) is 11.8 Å². The Bertz CT molecular complexity index is 257. The first-order valence-corrected chi connectivity index (χ1v) is 6.83. The summed E-state index contributed by atoms with van der Waals surface area (Å²) in [5.74, 6) is 1.28. The Morgan fingerprint density at radius 1 is 1.29 bits per heavy atom. The summed E-state index contributed by atoms with van der Waals surface area (Å²) in [7, 11) is 0. The monoisotopic (exact) mass is 237 g/mol. The molecule has 1 rings (SSSR count). The van der Waals surface area contributed by atoms with Gasteiger partial charge in [0.05, 0.1) is 0 Å². The molecule has 1 amide bonds. The smallest absolute Gasteiger partial charge is 0.223 e. The first-order chi connectivity index (χ1) is 7.95. The Balaban J connectivity index is 2.31. The van der Waals surface area contributed by atoms with E-state index in [2.05, 4.69) is 32.7 Å². The summed E-state index contributed by atoms with van der Waals surface area (Å²) >= 11 is 0. The Morgan fingerprint density at radius 2 is 1.88 bits per heavy atom. The molecular weight excluding hydrogens is 210 g/mol. The molecule has 1 fully saturated rings. The van der Waals surface area contributed by atoms with Crippen LogP contribution in [-0.2, 0) is 4.79 Å². The highest BCUT2D eigenvalue weighted by molar-refractivity contribution is 5.78. The third kappa shape index (κ3) is 4.53. The lowest BCUT2D eigenvalue weighted by molar-refractivity contribution is -0.126. The van der Waals surface area contributed by atoms with Gasteiger partial charge in [-0.2, -0.15) is 0 Å². The van der Waals surface area contributed by atoms with E-state index in [0.717, 1.165) is 31.7 Å². The molecule has 0 unspecified atom stereocenters. The number of amides is 1. The minimum absolute atomic E-state index is 0.249. The molecule has 17 heavy (non-hydrogen) atoms. The zero-order valence-corrected chi connectivity index (χ0v) is 11.6. The van der Waals surface area contributed by atoms with Crippen LogP contribution >= 0.6 is 0 Å². The van der Waals surface area contributed by atoms with E-state index < -0.39 is 0 Å². The Morgan fingerprint density at radius 3 is 2.35 bits per heavy atom. The first-order valence-electron chi connectivity index (χ1n) is 6.83. The largest absolute Gasteiger partial charge is 0.356 e. The summed E-state index contributed by atoms with van der Waals surface area (Å²) in [5, 5.41) is 3.00. The molecule has 0 bridgehead atoms. The third-order valence-corrected chi connectivity index (χ3v) is 3.97. The molecule has 1 saturated carbocycles. The summed E-state index contributed by atoms with van der Waals surface area (Å²) < 4.78 is 0. The van der Waals surface area contributed by atoms with Crippen LogP contribution in [0.15, 0.2) is 12.7 Å². The van der Waals surface area contributed by atoms with Crippen molar-refractivity contribution in [2.45, 2.75) is 52.9 Å². The van der Waals surface area contributed by atoms with Gasteiger partial charge in [-0.25, -0.2) is 0 Å². The molecule has 0 spiro atoms. The molecule has 1 aliphatic carbocycles. The predicted octanol–water partition coefficient (Wildman–Crippen LogP) is 3.53. The fourth-order valence-corrected chi connectivity index (χ4v) is 2.66. The number of carbonyl (C=O) groups excluding carboxylic acids is 1. The highest BCUT2D eigenvalue weighted by atomic mass is 16.1. The summed E-state index contributed by atoms with van der Waals surface area (Å²) in [6.07, 6.45) is 7.22. The van der Waals surface area contributed by atoms with Crippen LogP contribution in [0, 0.1) is 17.3 Å². The van der Waals surface area contributed by atoms with Crippen molar-refractivity contribution < 1.29 is 4.79 Å². The average molecular weight is 237 g/mol. The van der Waals surface area contributed by atoms with E-state index in [4.69, 9.17) is 0 Å². The Hall–Kier alpha value is -0.790. The maximum atomic E-state index is 11.9. The van der Waals surface area contributed by atoms with Gasteiger partial charge >= 0.3 is 0 Å². The summed E-state index contributed by atoms with van der Waals surface area (Å²) in [6, 6.07) is 0. The summed E-state index contributed by atoms with van der Waals surface area (Å²) in [4.78, 5) is 11.9. The van der Waals surface area contributed by atoms with Crippen LogP contribution in [0.4, 0.5) is 0 Å². The van der Waals surface area contributed by atoms with Gasteiger partial charge in [-0.15, -0.1) is 6.58 Å². The van der Waals surface area contributed by atoms with Crippen LogP contribution in [-0.4, -0.2) is 12.5 Å². The molecule has 0 aromatic carbocycles. The van der Waals surface area contributed by atoms with Crippen molar-refractivity contribution in [1.82, 2.24) is 5.32 Å². The molecule has 1 aliphatic rings. The van der Waals surface area contributed by atoms with Crippen LogP contribution in [0.2, 0.25) is 0 Å². The highest BCUT2D eigenvalue weighted by Gasteiger charge is 2.31. The van der Waals surface area contributed by atoms with Crippen molar-refractivity contribution in [1.29, 1.82) is 0 Å². The van der Waals surface area contributed by atoms with Crippen LogP contribution < -0.4 is 5.32 Å². The maximum Gasteiger partial charge on any atom is 0.223 e. The maximum absolute atomic E-state index is 11.9. The van der Waals surface area contributed by atoms with Crippen molar-refractivity contribution in [3.63, 3.8) is 0 Å². The highest BCUT2D eigenvalue weighted by Crippen LogP contribution is 2.39. The predicted molar refractivity (Wildman–Crippen MR) is 72.7 cm³/mol. The van der Waals surface area contributed by atoms with E-state index in [1.54, 1.807) is 0 Å². The van der Waals surface area contributed by atoms with E-state index in [1.807, 2.05) is 6.08 Å². The lowest BCUT2D eigenvalue weighted by Crippen LogP contribution is -2.35. The lowest BCUT2D eigenvalue weighted by atomic mass is 9.69. The fourth-order valence-electron chi connectivity index (χ4n) is 2.66. The van der Waals surface area contributed by atoms with Crippen LogP contribution in [0.25, 0.3) is 0 Å². The van der Waals surface area contributed by atoms with Gasteiger partial charge in [0.1, 0.15) is 0 Å². The minimum atomic E-state index is 0.249. The molecule has 2 heteroatoms. The normalized spacial score (nSPS) is 25.4. The second kappa shape index (κ2) is 6.23. The quantitative estimate of drug-likeness (QED) is 0.588. The molecule has 0 radical (unpaired) electrons. The van der Waals surface area contributed by atoms with Gasteiger partial charge in [0, 0.05) is 12.5 Å². The van der Waals surface area contributed by atoms with Crippen LogP contribution in [0.1, 0.15) is 52.9 Å². The zero-order valence-electron chi connectivity index (χ0n) is 11.6. The minimum Gasteiger partial charge on any atom is -0.356 e. The molecular formula is C15H27NO. The third-order valence-electron chi connectivity index (χ3n) is 3.97. The van der Waals surface area contributed by atoms with Gasteiger partial charge in [-0.05, 0) is 43.4 Å². The average Bonchev–Trinajstić information content (AvgIpc) is 2.28. The molecule has 0 aliphatic heterocycles. The van der Waals surface area contributed by atoms with E-state index in [9.17, 15) is 4.79 Å². The van der Waals surface area contributed by atoms with E-state index in [1.165, 1.54) is 12.8 Å². The standard InChI is InChI=1S/C15H27NO/c1-5-6-11-16-14(17)12-7-9-13(10-8-12)15(2,3)4/h5,12-13H,1,6-11H2,2-4H3,(H,16,17). The van der Waals surface area contributed by atoms with Gasteiger partial charge in [0.2, 0.25) is 5.91 Å². The van der Waals surface area contributed by atoms with Crippen LogP contribution in [0.5, 0.6) is 0 Å². The van der Waals surface area contributed by atoms with Crippen molar-refractivity contribution in [3.8, 4) is 0 Å². The van der Waals surface area contributed by atoms with Crippen molar-refractivity contribution in [2.75, 3.05) is 6.54 Å². The molecule has 1 N–H and O–H groups in total. The van der Waals surface area contributed by atoms with Gasteiger partial charge in [-0.1, -0.05) is 26.8 Å². The lowest BCUT2D eigenvalue weighted by Gasteiger charge is -2.36. The SMILES string of the molecule is C=CCCNC(=O)C1CCC(C(C)(C)C)CC1. The Labute approximate surface area is 106 Å². The van der Waals surface area contributed by atoms with Gasteiger partial charge in [0.15, 0.2) is 0 Å². The molecule has 0 aromatic rings. The van der Waals surface area contributed by atoms with Crippen LogP contribution in [0.3, 0.4) is 0 Å². The Kier molecular flexibility index (Phi) is 5.23. The van der Waals surface area contributed by atoms with Crippen molar-refractivity contribution in [3.05, 3.63) is 12.7 Å². The molecule has 0 atom stereocenters. The van der Waals surface area contributed by atoms with E-state index in [0.29, 0.717) is 5.41 Å². The molecule has 98 valence electrons. The zero-order chi connectivity index (χ0) is 12.9. The first kappa shape index (κ1) is 14.3. The molecule has 0 heterocycles.